The minimum Gasteiger partial charge on any atom is -0.756 e. The lowest BCUT2D eigenvalue weighted by Gasteiger charge is -2.24. The van der Waals surface area contributed by atoms with Crippen LogP contribution < -0.4 is 9.79 Å². The summed E-state index contributed by atoms with van der Waals surface area (Å²) < 4.78 is 37.5. The Balaban J connectivity index is 3.89. The molecule has 2 unspecified atom stereocenters. The number of hydrogen-bond acceptors (Lipinski definition) is 9. The van der Waals surface area contributed by atoms with E-state index in [4.69, 9.17) is 5.11 Å². The van der Waals surface area contributed by atoms with Crippen molar-refractivity contribution in [2.24, 2.45) is 0 Å². The lowest BCUT2D eigenvalue weighted by molar-refractivity contribution is -0.228. The van der Waals surface area contributed by atoms with E-state index in [1.165, 1.54) is 0 Å². The molecule has 16 heavy (non-hydrogen) atoms. The van der Waals surface area contributed by atoms with E-state index in [-0.39, 0.29) is 0 Å². The van der Waals surface area contributed by atoms with Crippen LogP contribution in [0.15, 0.2) is 0 Å². The van der Waals surface area contributed by atoms with Crippen LogP contribution in [0.4, 0.5) is 0 Å². The summed E-state index contributed by atoms with van der Waals surface area (Å²) in [5.74, 6) is 0. The Hall–Kier alpha value is 0.180. The molecule has 0 amide bonds. The van der Waals surface area contributed by atoms with Gasteiger partial charge < -0.3 is 33.0 Å². The van der Waals surface area contributed by atoms with Crippen LogP contribution in [-0.2, 0) is 27.2 Å². The van der Waals surface area contributed by atoms with Gasteiger partial charge in [0.2, 0.25) is 0 Å². The Morgan fingerprint density at radius 3 is 1.62 bits per heavy atom. The van der Waals surface area contributed by atoms with Crippen LogP contribution in [0.25, 0.3) is 0 Å². The molecule has 0 aromatic heterocycles. The third-order valence-electron chi connectivity index (χ3n) is 1.30. The zero-order chi connectivity index (χ0) is 12.8. The highest BCUT2D eigenvalue weighted by Crippen LogP contribution is 2.38. The monoisotopic (exact) mass is 278 g/mol. The molecule has 0 fully saturated rings. The molecule has 0 bridgehead atoms. The van der Waals surface area contributed by atoms with Crippen LogP contribution in [0.3, 0.4) is 0 Å². The smallest absolute Gasteiger partial charge is 0.267 e. The minimum absolute atomic E-state index is 0.682. The van der Waals surface area contributed by atoms with E-state index in [2.05, 4.69) is 18.1 Å². The first kappa shape index (κ1) is 16.2. The van der Waals surface area contributed by atoms with Gasteiger partial charge in [0.25, 0.3) is 15.6 Å². The zero-order valence-electron chi connectivity index (χ0n) is 8.60. The van der Waals surface area contributed by atoms with Crippen LogP contribution in [0.1, 0.15) is 0 Å². The molecule has 0 aliphatic rings. The van der Waals surface area contributed by atoms with Gasteiger partial charge in [0.1, 0.15) is 6.10 Å². The molecule has 1 N–H and O–H groups in total. The van der Waals surface area contributed by atoms with Gasteiger partial charge in [-0.1, -0.05) is 0 Å². The average Bonchev–Trinajstić information content (AvgIpc) is 2.24. The van der Waals surface area contributed by atoms with Crippen molar-refractivity contribution in [1.29, 1.82) is 0 Å². The molecule has 11 heteroatoms. The molecule has 0 saturated heterocycles. The van der Waals surface area contributed by atoms with E-state index < -0.39 is 35.0 Å². The Morgan fingerprint density at radius 2 is 1.38 bits per heavy atom. The van der Waals surface area contributed by atoms with E-state index in [0.717, 1.165) is 14.2 Å². The molecule has 2 atom stereocenters. The second-order valence-corrected chi connectivity index (χ2v) is 5.54. The van der Waals surface area contributed by atoms with Gasteiger partial charge in [0, 0.05) is 14.2 Å². The maximum absolute atomic E-state index is 10.7. The number of aliphatic hydroxyl groups is 1. The fourth-order valence-corrected chi connectivity index (χ4v) is 1.43. The Kier molecular flexibility index (Phi) is 6.88. The van der Waals surface area contributed by atoms with Crippen molar-refractivity contribution in [3.05, 3.63) is 0 Å². The van der Waals surface area contributed by atoms with Crippen LogP contribution in [0.2, 0.25) is 0 Å². The second kappa shape index (κ2) is 6.80. The van der Waals surface area contributed by atoms with Crippen molar-refractivity contribution < 1.29 is 42.1 Å². The highest BCUT2D eigenvalue weighted by atomic mass is 31.2. The summed E-state index contributed by atoms with van der Waals surface area (Å²) in [6.07, 6.45) is -1.45. The normalized spacial score (nSPS) is 21.1. The van der Waals surface area contributed by atoms with Gasteiger partial charge in [-0.25, -0.2) is 0 Å². The summed E-state index contributed by atoms with van der Waals surface area (Å²) in [5.41, 5.74) is 0. The first-order chi connectivity index (χ1) is 7.22. The van der Waals surface area contributed by atoms with Crippen LogP contribution >= 0.6 is 15.6 Å². The van der Waals surface area contributed by atoms with Gasteiger partial charge in [-0.2, -0.15) is 0 Å². The van der Waals surface area contributed by atoms with Gasteiger partial charge in [0.05, 0.1) is 13.2 Å². The van der Waals surface area contributed by atoms with E-state index in [0.29, 0.717) is 0 Å². The topological polar surface area (TPSA) is 137 Å². The summed E-state index contributed by atoms with van der Waals surface area (Å²) in [6.45, 7) is -1.36. The third-order valence-corrected chi connectivity index (χ3v) is 3.12. The molecule has 0 rings (SSSR count). The molecule has 0 saturated carbocycles. The van der Waals surface area contributed by atoms with Crippen LogP contribution in [-0.4, -0.2) is 38.6 Å². The molecule has 98 valence electrons. The summed E-state index contributed by atoms with van der Waals surface area (Å²) >= 11 is 0. The fourth-order valence-electron chi connectivity index (χ4n) is 0.508. The van der Waals surface area contributed by atoms with Crippen LogP contribution in [0, 0.1) is 0 Å². The molecule has 0 aliphatic heterocycles. The maximum atomic E-state index is 10.7. The van der Waals surface area contributed by atoms with E-state index in [1.54, 1.807) is 0 Å². The molecule has 0 radical (unpaired) electrons. The quantitative estimate of drug-likeness (QED) is 0.531. The summed E-state index contributed by atoms with van der Waals surface area (Å²) in [6, 6.07) is 0. The SMILES string of the molecule is COP(=O)([O-])OCC(O)COP(=O)([O-])OC. The van der Waals surface area contributed by atoms with Gasteiger partial charge in [-0.05, 0) is 0 Å². The van der Waals surface area contributed by atoms with Gasteiger partial charge >= 0.3 is 0 Å². The standard InChI is InChI=1S/C5H14O9P2/c1-11-15(7,8)13-3-5(6)4-14-16(9,10)12-2/h5-6H,3-4H2,1-2H3,(H,7,8)(H,9,10)/p-2. The Bertz CT molecular complexity index is 264. The Labute approximate surface area is 92.1 Å². The zero-order valence-corrected chi connectivity index (χ0v) is 10.4. The molecular weight excluding hydrogens is 266 g/mol. The first-order valence-corrected chi connectivity index (χ1v) is 6.85. The van der Waals surface area contributed by atoms with Crippen molar-refractivity contribution >= 4 is 15.6 Å². The molecule has 0 aromatic rings. The van der Waals surface area contributed by atoms with Gasteiger partial charge in [0.15, 0.2) is 0 Å². The third kappa shape index (κ3) is 7.45. The van der Waals surface area contributed by atoms with E-state index >= 15 is 0 Å². The summed E-state index contributed by atoms with van der Waals surface area (Å²) in [5, 5.41) is 9.09. The van der Waals surface area contributed by atoms with Gasteiger partial charge in [-0.15, -0.1) is 0 Å². The minimum atomic E-state index is -4.44. The van der Waals surface area contributed by atoms with Crippen molar-refractivity contribution in [3.8, 4) is 0 Å². The number of rotatable bonds is 8. The van der Waals surface area contributed by atoms with E-state index in [9.17, 15) is 18.9 Å². The predicted octanol–water partition coefficient (Wildman–Crippen LogP) is -1.39. The molecule has 0 aromatic carbocycles. The molecule has 0 heterocycles. The first-order valence-electron chi connectivity index (χ1n) is 3.93. The molecule has 0 spiro atoms. The van der Waals surface area contributed by atoms with Crippen molar-refractivity contribution in [1.82, 2.24) is 0 Å². The lowest BCUT2D eigenvalue weighted by Crippen LogP contribution is -2.23. The average molecular weight is 278 g/mol. The number of phosphoric ester groups is 2. The number of phosphoric acid groups is 2. The molecule has 9 nitrogen and oxygen atoms in total. The lowest BCUT2D eigenvalue weighted by atomic mass is 10.4. The highest BCUT2D eigenvalue weighted by molar-refractivity contribution is 7.46. The maximum Gasteiger partial charge on any atom is 0.267 e. The second-order valence-electron chi connectivity index (χ2n) is 2.50. The molecule has 0 aliphatic carbocycles. The Morgan fingerprint density at radius 1 is 1.06 bits per heavy atom. The van der Waals surface area contributed by atoms with Crippen molar-refractivity contribution in [2.75, 3.05) is 27.4 Å². The van der Waals surface area contributed by atoms with E-state index in [1.807, 2.05) is 0 Å². The van der Waals surface area contributed by atoms with Crippen molar-refractivity contribution in [2.45, 2.75) is 6.10 Å². The van der Waals surface area contributed by atoms with Crippen LogP contribution in [0.5, 0.6) is 0 Å². The van der Waals surface area contributed by atoms with Gasteiger partial charge in [-0.3, -0.25) is 9.13 Å². The molecular formula is C5H12O9P2-2. The summed E-state index contributed by atoms with van der Waals surface area (Å²) in [4.78, 5) is 21.3. The fraction of sp³-hybridized carbons (Fsp3) is 1.00. The number of hydrogen-bond donors (Lipinski definition) is 1. The van der Waals surface area contributed by atoms with Crippen molar-refractivity contribution in [3.63, 3.8) is 0 Å². The summed E-state index contributed by atoms with van der Waals surface area (Å²) in [7, 11) is -7.12. The predicted molar refractivity (Wildman–Crippen MR) is 47.1 cm³/mol. The largest absolute Gasteiger partial charge is 0.756 e. The number of aliphatic hydroxyl groups excluding tert-OH is 1. The highest BCUT2D eigenvalue weighted by Gasteiger charge is 2.14.